The number of hydrogen-bond donors (Lipinski definition) is 0. The third kappa shape index (κ3) is 10.0. The minimum atomic E-state index is -0.541. The lowest BCUT2D eigenvalue weighted by Gasteiger charge is -2.31. The van der Waals surface area contributed by atoms with Gasteiger partial charge in [-0.05, 0) is 38.3 Å². The maximum Gasteiger partial charge on any atom is 0.205 e. The second kappa shape index (κ2) is 13.6. The Morgan fingerprint density at radius 2 is 1.36 bits per heavy atom. The van der Waals surface area contributed by atoms with Gasteiger partial charge in [0, 0.05) is 6.10 Å². The third-order valence-electron chi connectivity index (χ3n) is 5.15. The molecule has 0 bridgehead atoms. The molecule has 0 aliphatic heterocycles. The van der Waals surface area contributed by atoms with Gasteiger partial charge in [0.2, 0.25) is 9.04 Å². The average molecular weight is 326 g/mol. The van der Waals surface area contributed by atoms with Gasteiger partial charge in [0.15, 0.2) is 0 Å². The van der Waals surface area contributed by atoms with E-state index in [9.17, 15) is 0 Å². The minimum absolute atomic E-state index is 0.541. The molecule has 1 saturated carbocycles. The fraction of sp³-hybridized carbons (Fsp3) is 1.00. The van der Waals surface area contributed by atoms with Crippen LogP contribution in [0.25, 0.3) is 0 Å². The largest absolute Gasteiger partial charge is 0.414 e. The maximum absolute atomic E-state index is 6.36. The molecule has 2 heteroatoms. The molecule has 1 fully saturated rings. The first kappa shape index (κ1) is 20.2. The Bertz CT molecular complexity index is 236. The van der Waals surface area contributed by atoms with E-state index in [0.29, 0.717) is 6.10 Å². The molecular weight excluding hydrogens is 284 g/mol. The second-order valence-corrected chi connectivity index (χ2v) is 9.63. The number of hydrogen-bond acceptors (Lipinski definition) is 1. The first-order valence-electron chi connectivity index (χ1n) is 10.2. The highest BCUT2D eigenvalue weighted by atomic mass is 28.3. The van der Waals surface area contributed by atoms with Gasteiger partial charge in [-0.3, -0.25) is 0 Å². The summed E-state index contributed by atoms with van der Waals surface area (Å²) >= 11 is 0. The normalized spacial score (nSPS) is 18.0. The van der Waals surface area contributed by atoms with Gasteiger partial charge in [-0.2, -0.15) is 0 Å². The van der Waals surface area contributed by atoms with E-state index in [2.05, 4.69) is 20.0 Å². The summed E-state index contributed by atoms with van der Waals surface area (Å²) < 4.78 is 6.36. The van der Waals surface area contributed by atoms with Crippen molar-refractivity contribution in [3.05, 3.63) is 0 Å². The van der Waals surface area contributed by atoms with Gasteiger partial charge in [-0.15, -0.1) is 0 Å². The van der Waals surface area contributed by atoms with Crippen LogP contribution in [-0.4, -0.2) is 15.1 Å². The van der Waals surface area contributed by atoms with Crippen molar-refractivity contribution in [2.45, 2.75) is 122 Å². The molecule has 0 amide bonds. The molecule has 1 nitrogen and oxygen atoms in total. The van der Waals surface area contributed by atoms with Crippen molar-refractivity contribution < 1.29 is 4.43 Å². The lowest BCUT2D eigenvalue weighted by molar-refractivity contribution is 0.0969. The molecule has 0 saturated heterocycles. The summed E-state index contributed by atoms with van der Waals surface area (Å²) in [6, 6.07) is 0. The lowest BCUT2D eigenvalue weighted by atomic mass is 9.83. The molecule has 0 heterocycles. The van der Waals surface area contributed by atoms with Crippen LogP contribution in [0.2, 0.25) is 13.1 Å². The lowest BCUT2D eigenvalue weighted by Crippen LogP contribution is -2.30. The standard InChI is InChI=1S/C20H41OSi/c1-4-5-6-7-8-9-10-11-15-18-20(21-22(2)3)19-16-13-12-14-17-19/h19-20H,4-18H2,1-3H3. The van der Waals surface area contributed by atoms with E-state index >= 15 is 0 Å². The van der Waals surface area contributed by atoms with Gasteiger partial charge in [0.25, 0.3) is 0 Å². The summed E-state index contributed by atoms with van der Waals surface area (Å²) in [5, 5.41) is 0. The van der Waals surface area contributed by atoms with E-state index in [-0.39, 0.29) is 0 Å². The highest BCUT2D eigenvalue weighted by Gasteiger charge is 2.24. The smallest absolute Gasteiger partial charge is 0.205 e. The van der Waals surface area contributed by atoms with Crippen LogP contribution in [0.4, 0.5) is 0 Å². The Hall–Kier alpha value is 0.177. The van der Waals surface area contributed by atoms with Crippen LogP contribution in [0, 0.1) is 5.92 Å². The Morgan fingerprint density at radius 3 is 1.91 bits per heavy atom. The van der Waals surface area contributed by atoms with Gasteiger partial charge in [0.1, 0.15) is 0 Å². The monoisotopic (exact) mass is 325 g/mol. The molecule has 0 aromatic rings. The quantitative estimate of drug-likeness (QED) is 0.258. The molecule has 1 radical (unpaired) electrons. The zero-order valence-electron chi connectivity index (χ0n) is 15.7. The molecule has 1 aliphatic rings. The summed E-state index contributed by atoms with van der Waals surface area (Å²) in [4.78, 5) is 0. The zero-order chi connectivity index (χ0) is 16.0. The molecule has 1 aliphatic carbocycles. The Kier molecular flexibility index (Phi) is 12.5. The van der Waals surface area contributed by atoms with E-state index in [1.807, 2.05) is 0 Å². The molecule has 0 spiro atoms. The first-order chi connectivity index (χ1) is 10.7. The van der Waals surface area contributed by atoms with Crippen molar-refractivity contribution in [1.29, 1.82) is 0 Å². The predicted octanol–water partition coefficient (Wildman–Crippen LogP) is 7.12. The summed E-state index contributed by atoms with van der Waals surface area (Å²) in [5.41, 5.74) is 0. The highest BCUT2D eigenvalue weighted by Crippen LogP contribution is 2.31. The van der Waals surface area contributed by atoms with Crippen LogP contribution in [0.15, 0.2) is 0 Å². The average Bonchev–Trinajstić information content (AvgIpc) is 2.52. The molecule has 22 heavy (non-hydrogen) atoms. The van der Waals surface area contributed by atoms with Gasteiger partial charge >= 0.3 is 0 Å². The number of rotatable bonds is 13. The molecule has 1 atom stereocenters. The van der Waals surface area contributed by atoms with E-state index in [1.165, 1.54) is 96.3 Å². The van der Waals surface area contributed by atoms with Crippen molar-refractivity contribution in [1.82, 2.24) is 0 Å². The zero-order valence-corrected chi connectivity index (χ0v) is 16.7. The van der Waals surface area contributed by atoms with E-state index in [4.69, 9.17) is 4.43 Å². The fourth-order valence-corrected chi connectivity index (χ4v) is 4.77. The fourth-order valence-electron chi connectivity index (χ4n) is 3.86. The van der Waals surface area contributed by atoms with Gasteiger partial charge < -0.3 is 4.43 Å². The van der Waals surface area contributed by atoms with Crippen molar-refractivity contribution in [3.8, 4) is 0 Å². The Morgan fingerprint density at radius 1 is 0.818 bits per heavy atom. The van der Waals surface area contributed by atoms with E-state index in [0.717, 1.165) is 5.92 Å². The second-order valence-electron chi connectivity index (χ2n) is 7.58. The van der Waals surface area contributed by atoms with Gasteiger partial charge in [-0.25, -0.2) is 0 Å². The summed E-state index contributed by atoms with van der Waals surface area (Å²) in [6.07, 6.45) is 22.0. The van der Waals surface area contributed by atoms with Crippen LogP contribution in [0.1, 0.15) is 103 Å². The Balaban J connectivity index is 2.07. The van der Waals surface area contributed by atoms with Crippen LogP contribution < -0.4 is 0 Å². The topological polar surface area (TPSA) is 9.23 Å². The molecule has 131 valence electrons. The van der Waals surface area contributed by atoms with Crippen molar-refractivity contribution in [2.75, 3.05) is 0 Å². The third-order valence-corrected chi connectivity index (χ3v) is 5.93. The van der Waals surface area contributed by atoms with Crippen LogP contribution >= 0.6 is 0 Å². The van der Waals surface area contributed by atoms with Crippen molar-refractivity contribution in [2.24, 2.45) is 5.92 Å². The maximum atomic E-state index is 6.36. The SMILES string of the molecule is CCCCCCCCCCCC(O[Si](C)C)C1CCCCC1. The molecule has 0 aromatic carbocycles. The highest BCUT2D eigenvalue weighted by molar-refractivity contribution is 6.48. The summed E-state index contributed by atoms with van der Waals surface area (Å²) in [5.74, 6) is 0.877. The first-order valence-corrected chi connectivity index (χ1v) is 12.6. The van der Waals surface area contributed by atoms with Crippen molar-refractivity contribution >= 4 is 9.04 Å². The summed E-state index contributed by atoms with van der Waals surface area (Å²) in [6.45, 7) is 6.90. The van der Waals surface area contributed by atoms with Crippen molar-refractivity contribution in [3.63, 3.8) is 0 Å². The molecule has 1 unspecified atom stereocenters. The van der Waals surface area contributed by atoms with Gasteiger partial charge in [0.05, 0.1) is 0 Å². The number of unbranched alkanes of at least 4 members (excludes halogenated alkanes) is 8. The van der Waals surface area contributed by atoms with E-state index < -0.39 is 9.04 Å². The molecular formula is C20H41OSi. The predicted molar refractivity (Wildman–Crippen MR) is 101 cm³/mol. The van der Waals surface area contributed by atoms with E-state index in [1.54, 1.807) is 0 Å². The minimum Gasteiger partial charge on any atom is -0.414 e. The van der Waals surface area contributed by atoms with Crippen LogP contribution in [0.3, 0.4) is 0 Å². The molecule has 1 rings (SSSR count). The van der Waals surface area contributed by atoms with Crippen LogP contribution in [0.5, 0.6) is 0 Å². The van der Waals surface area contributed by atoms with Crippen LogP contribution in [-0.2, 0) is 4.43 Å². The summed E-state index contributed by atoms with van der Waals surface area (Å²) in [7, 11) is -0.541. The molecule has 0 aromatic heterocycles. The Labute approximate surface area is 142 Å². The van der Waals surface area contributed by atoms with Gasteiger partial charge in [-0.1, -0.05) is 84.0 Å². The molecule has 0 N–H and O–H groups in total.